The van der Waals surface area contributed by atoms with Crippen LogP contribution < -0.4 is 15.6 Å². The standard InChI is InChI=1S/C28H42N3O8P/c1-8-37-27(33)15-29-31(30-16-28(34)38-9-2)40(35,36)17-39-26-12-19(5)24(20(6)21(26)7)14-22-10-11-25(32)23(13-22)18(3)4/h10-13,18,29-30,32H,8-9,14-17H2,1-7H3,(H,35,36). The molecule has 0 heterocycles. The number of phenols is 1. The first kappa shape index (κ1) is 33.3. The number of rotatable bonds is 15. The van der Waals surface area contributed by atoms with E-state index in [2.05, 4.69) is 10.9 Å². The third-order valence-corrected chi connectivity index (χ3v) is 7.73. The number of aromatic hydroxyl groups is 1. The van der Waals surface area contributed by atoms with Crippen LogP contribution in [0.4, 0.5) is 0 Å². The van der Waals surface area contributed by atoms with E-state index in [1.807, 2.05) is 52.8 Å². The summed E-state index contributed by atoms with van der Waals surface area (Å²) in [6.45, 7) is 12.6. The normalized spacial score (nSPS) is 12.8. The zero-order valence-electron chi connectivity index (χ0n) is 24.4. The molecular weight excluding hydrogens is 537 g/mol. The highest BCUT2D eigenvalue weighted by Gasteiger charge is 2.31. The highest BCUT2D eigenvalue weighted by molar-refractivity contribution is 7.55. The molecular formula is C28H42N3O8P. The van der Waals surface area contributed by atoms with Gasteiger partial charge in [-0.05, 0) is 92.5 Å². The second-order valence-electron chi connectivity index (χ2n) is 9.67. The van der Waals surface area contributed by atoms with Crippen molar-refractivity contribution >= 4 is 19.5 Å². The minimum absolute atomic E-state index is 0.149. The van der Waals surface area contributed by atoms with Gasteiger partial charge in [0.15, 0.2) is 6.35 Å². The SMILES string of the molecule is CCOC(=O)CNN(NCC(=O)OCC)P(=O)(O)COc1cc(C)c(Cc2ccc(O)c(C(C)C)c2)c(C)c1C. The molecule has 0 saturated heterocycles. The molecule has 4 N–H and O–H groups in total. The van der Waals surface area contributed by atoms with Gasteiger partial charge >= 0.3 is 19.5 Å². The maximum atomic E-state index is 13.2. The molecule has 2 aromatic carbocycles. The fourth-order valence-electron chi connectivity index (χ4n) is 4.09. The number of benzene rings is 2. The van der Waals surface area contributed by atoms with Crippen LogP contribution in [-0.4, -0.2) is 59.5 Å². The molecule has 0 bridgehead atoms. The summed E-state index contributed by atoms with van der Waals surface area (Å²) >= 11 is 0. The number of nitrogens with one attached hydrogen (secondary N) is 2. The molecule has 0 amide bonds. The molecule has 1 unspecified atom stereocenters. The molecule has 11 nitrogen and oxygen atoms in total. The van der Waals surface area contributed by atoms with Crippen LogP contribution in [0.25, 0.3) is 0 Å². The highest BCUT2D eigenvalue weighted by Crippen LogP contribution is 2.43. The molecule has 0 saturated carbocycles. The molecule has 0 radical (unpaired) electrons. The molecule has 0 aliphatic heterocycles. The molecule has 0 fully saturated rings. The van der Waals surface area contributed by atoms with Crippen LogP contribution in [0.2, 0.25) is 0 Å². The number of nitrogens with zero attached hydrogens (tertiary/aromatic N) is 1. The van der Waals surface area contributed by atoms with Gasteiger partial charge in [-0.2, -0.15) is 0 Å². The third-order valence-electron chi connectivity index (χ3n) is 6.36. The van der Waals surface area contributed by atoms with Crippen molar-refractivity contribution < 1.29 is 38.4 Å². The molecule has 0 spiro atoms. The Balaban J connectivity index is 2.22. The van der Waals surface area contributed by atoms with Crippen LogP contribution in [0.1, 0.15) is 67.0 Å². The zero-order chi connectivity index (χ0) is 30.0. The maximum absolute atomic E-state index is 13.2. The van der Waals surface area contributed by atoms with Crippen LogP contribution >= 0.6 is 7.52 Å². The average Bonchev–Trinajstić information content (AvgIpc) is 2.88. The first-order valence-corrected chi connectivity index (χ1v) is 15.0. The Labute approximate surface area is 236 Å². The summed E-state index contributed by atoms with van der Waals surface area (Å²) in [5.41, 5.74) is 10.8. The molecule has 2 rings (SSSR count). The monoisotopic (exact) mass is 579 g/mol. The Hall–Kier alpha value is -2.95. The van der Waals surface area contributed by atoms with E-state index >= 15 is 0 Å². The fourth-order valence-corrected chi connectivity index (χ4v) is 5.10. The van der Waals surface area contributed by atoms with Crippen LogP contribution in [0.3, 0.4) is 0 Å². The molecule has 0 aromatic heterocycles. The van der Waals surface area contributed by atoms with Crippen molar-refractivity contribution in [1.29, 1.82) is 0 Å². The highest BCUT2D eigenvalue weighted by atomic mass is 31.2. The predicted molar refractivity (Wildman–Crippen MR) is 152 cm³/mol. The molecule has 12 heteroatoms. The van der Waals surface area contributed by atoms with Crippen LogP contribution in [0.5, 0.6) is 11.5 Å². The summed E-state index contributed by atoms with van der Waals surface area (Å²) in [4.78, 5) is 35.1. The Bertz CT molecular complexity index is 1210. The molecule has 0 aliphatic carbocycles. The summed E-state index contributed by atoms with van der Waals surface area (Å²) in [5, 5.41) is 10.2. The van der Waals surface area contributed by atoms with Crippen LogP contribution in [0.15, 0.2) is 24.3 Å². The molecule has 40 heavy (non-hydrogen) atoms. The van der Waals surface area contributed by atoms with Crippen molar-refractivity contribution in [3.8, 4) is 11.5 Å². The van der Waals surface area contributed by atoms with E-state index in [-0.39, 0.29) is 24.9 Å². The van der Waals surface area contributed by atoms with Crippen molar-refractivity contribution in [2.24, 2.45) is 0 Å². The largest absolute Gasteiger partial charge is 0.508 e. The fraction of sp³-hybridized carbons (Fsp3) is 0.500. The minimum atomic E-state index is -4.31. The minimum Gasteiger partial charge on any atom is -0.508 e. The number of phenolic OH excluding ortho intramolecular Hbond substituents is 1. The van der Waals surface area contributed by atoms with E-state index in [0.29, 0.717) is 17.1 Å². The molecule has 222 valence electrons. The first-order valence-electron chi connectivity index (χ1n) is 13.3. The Morgan fingerprint density at radius 1 is 0.975 bits per heavy atom. The third kappa shape index (κ3) is 9.31. The van der Waals surface area contributed by atoms with Crippen molar-refractivity contribution in [3.05, 3.63) is 57.6 Å². The smallest absolute Gasteiger partial charge is 0.333 e. The Morgan fingerprint density at radius 2 is 1.55 bits per heavy atom. The van der Waals surface area contributed by atoms with E-state index in [9.17, 15) is 24.2 Å². The number of ether oxygens (including phenoxy) is 3. The van der Waals surface area contributed by atoms with Gasteiger partial charge in [0.2, 0.25) is 0 Å². The number of carbonyl (C=O) groups is 2. The second kappa shape index (κ2) is 15.2. The summed E-state index contributed by atoms with van der Waals surface area (Å²) in [7, 11) is -4.31. The van der Waals surface area contributed by atoms with E-state index in [1.54, 1.807) is 19.9 Å². The molecule has 1 atom stereocenters. The lowest BCUT2D eigenvalue weighted by Crippen LogP contribution is -2.50. The molecule has 2 aromatic rings. The quantitative estimate of drug-likeness (QED) is 0.138. The second-order valence-corrected chi connectivity index (χ2v) is 11.7. The number of hydrogen-bond donors (Lipinski definition) is 4. The van der Waals surface area contributed by atoms with Gasteiger partial charge in [0.05, 0.1) is 13.2 Å². The van der Waals surface area contributed by atoms with Gasteiger partial charge in [-0.15, -0.1) is 0 Å². The number of hydrazine groups is 2. The van der Waals surface area contributed by atoms with Gasteiger partial charge in [0.1, 0.15) is 24.6 Å². The van der Waals surface area contributed by atoms with Crippen molar-refractivity contribution in [2.75, 3.05) is 32.7 Å². The topological polar surface area (TPSA) is 147 Å². The summed E-state index contributed by atoms with van der Waals surface area (Å²) in [6.07, 6.45) is 0.0219. The zero-order valence-corrected chi connectivity index (χ0v) is 25.3. The Morgan fingerprint density at radius 3 is 2.08 bits per heavy atom. The number of carbonyl (C=O) groups excluding carboxylic acids is 2. The first-order chi connectivity index (χ1) is 18.8. The van der Waals surface area contributed by atoms with Gasteiger partial charge in [0, 0.05) is 0 Å². The lowest BCUT2D eigenvalue weighted by molar-refractivity contribution is -0.143. The van der Waals surface area contributed by atoms with E-state index in [1.165, 1.54) is 0 Å². The van der Waals surface area contributed by atoms with Crippen LogP contribution in [-0.2, 0) is 30.0 Å². The average molecular weight is 580 g/mol. The number of hydrogen-bond acceptors (Lipinski definition) is 9. The van der Waals surface area contributed by atoms with Crippen molar-refractivity contribution in [1.82, 2.24) is 15.7 Å². The summed E-state index contributed by atoms with van der Waals surface area (Å²) in [6, 6.07) is 7.46. The van der Waals surface area contributed by atoms with Gasteiger partial charge in [-0.3, -0.25) is 14.2 Å². The lowest BCUT2D eigenvalue weighted by Gasteiger charge is -2.28. The number of aryl methyl sites for hydroxylation is 1. The van der Waals surface area contributed by atoms with E-state index in [4.69, 9.17) is 14.2 Å². The lowest BCUT2D eigenvalue weighted by atomic mass is 9.91. The van der Waals surface area contributed by atoms with Gasteiger partial charge < -0.3 is 24.2 Å². The van der Waals surface area contributed by atoms with Gasteiger partial charge in [-0.1, -0.05) is 30.9 Å². The summed E-state index contributed by atoms with van der Waals surface area (Å²) in [5.74, 6) is -0.372. The maximum Gasteiger partial charge on any atom is 0.333 e. The van der Waals surface area contributed by atoms with Crippen molar-refractivity contribution in [2.45, 2.75) is 60.8 Å². The van der Waals surface area contributed by atoms with E-state index in [0.717, 1.165) is 33.4 Å². The van der Waals surface area contributed by atoms with Gasteiger partial charge in [-0.25, -0.2) is 10.9 Å². The van der Waals surface area contributed by atoms with Gasteiger partial charge in [0.25, 0.3) is 0 Å². The molecule has 0 aliphatic rings. The van der Waals surface area contributed by atoms with Crippen molar-refractivity contribution in [3.63, 3.8) is 0 Å². The Kier molecular flexibility index (Phi) is 12.6. The number of esters is 2. The predicted octanol–water partition coefficient (Wildman–Crippen LogP) is 3.99. The van der Waals surface area contributed by atoms with E-state index < -0.39 is 38.9 Å². The van der Waals surface area contributed by atoms with Crippen LogP contribution in [0, 0.1) is 20.8 Å². The summed E-state index contributed by atoms with van der Waals surface area (Å²) < 4.78 is 28.8.